The zero-order valence-electron chi connectivity index (χ0n) is 7.91. The van der Waals surface area contributed by atoms with Crippen molar-refractivity contribution in [3.63, 3.8) is 0 Å². The lowest BCUT2D eigenvalue weighted by Gasteiger charge is -2.14. The van der Waals surface area contributed by atoms with E-state index in [1.165, 1.54) is 5.56 Å². The van der Waals surface area contributed by atoms with Crippen molar-refractivity contribution in [1.29, 1.82) is 0 Å². The Hall–Kier alpha value is -0.380. The summed E-state index contributed by atoms with van der Waals surface area (Å²) >= 11 is 3.41. The first-order valence-electron chi connectivity index (χ1n) is 4.80. The first-order valence-corrected chi connectivity index (χ1v) is 5.59. The average molecular weight is 256 g/mol. The quantitative estimate of drug-likeness (QED) is 0.863. The minimum absolute atomic E-state index is 0.0510. The third-order valence-electron chi connectivity index (χ3n) is 3.24. The Morgan fingerprint density at radius 2 is 2.07 bits per heavy atom. The lowest BCUT2D eigenvalue weighted by molar-refractivity contribution is 0.264. The highest BCUT2D eigenvalue weighted by Crippen LogP contribution is 2.53. The van der Waals surface area contributed by atoms with Crippen molar-refractivity contribution < 1.29 is 5.11 Å². The molecule has 3 N–H and O–H groups in total. The number of hydrogen-bond acceptors (Lipinski definition) is 2. The van der Waals surface area contributed by atoms with E-state index in [0.717, 1.165) is 10.9 Å². The zero-order valence-corrected chi connectivity index (χ0v) is 9.50. The van der Waals surface area contributed by atoms with Crippen molar-refractivity contribution >= 4 is 15.9 Å². The molecule has 2 unspecified atom stereocenters. The van der Waals surface area contributed by atoms with Crippen molar-refractivity contribution in [1.82, 2.24) is 0 Å². The number of halogens is 1. The molecular formula is C11H14BrNO. The molecule has 1 aliphatic carbocycles. The van der Waals surface area contributed by atoms with Crippen LogP contribution in [0.4, 0.5) is 0 Å². The van der Waals surface area contributed by atoms with Gasteiger partial charge in [-0.1, -0.05) is 28.1 Å². The van der Waals surface area contributed by atoms with E-state index in [9.17, 15) is 0 Å². The van der Waals surface area contributed by atoms with E-state index < -0.39 is 0 Å². The van der Waals surface area contributed by atoms with E-state index in [-0.39, 0.29) is 12.0 Å². The van der Waals surface area contributed by atoms with Crippen LogP contribution >= 0.6 is 15.9 Å². The monoisotopic (exact) mass is 255 g/mol. The van der Waals surface area contributed by atoms with Gasteiger partial charge in [0, 0.05) is 23.0 Å². The minimum Gasteiger partial charge on any atom is -0.396 e. The van der Waals surface area contributed by atoms with Gasteiger partial charge in [-0.3, -0.25) is 0 Å². The number of benzene rings is 1. The van der Waals surface area contributed by atoms with Gasteiger partial charge in [-0.25, -0.2) is 0 Å². The Labute approximate surface area is 92.3 Å². The summed E-state index contributed by atoms with van der Waals surface area (Å²) in [6.07, 6.45) is 1.02. The maximum atomic E-state index is 9.12. The maximum absolute atomic E-state index is 9.12. The SMILES string of the molecule is NCC1(c2ccc(Br)cc2)CC1CO. The van der Waals surface area contributed by atoms with Crippen LogP contribution in [0.5, 0.6) is 0 Å². The summed E-state index contributed by atoms with van der Waals surface area (Å²) in [7, 11) is 0. The van der Waals surface area contributed by atoms with Crippen LogP contribution < -0.4 is 5.73 Å². The molecule has 76 valence electrons. The standard InChI is InChI=1S/C11H14BrNO/c12-10-3-1-8(2-4-10)11(7-13)5-9(11)6-14/h1-4,9,14H,5-7,13H2. The smallest absolute Gasteiger partial charge is 0.0468 e. The fourth-order valence-electron chi connectivity index (χ4n) is 2.12. The molecule has 3 heteroatoms. The lowest BCUT2D eigenvalue weighted by atomic mass is 9.93. The molecule has 1 saturated carbocycles. The predicted octanol–water partition coefficient (Wildman–Crippen LogP) is 1.66. The Morgan fingerprint density at radius 3 is 2.50 bits per heavy atom. The lowest BCUT2D eigenvalue weighted by Crippen LogP contribution is -2.23. The highest BCUT2D eigenvalue weighted by Gasteiger charge is 2.53. The second-order valence-corrected chi connectivity index (χ2v) is 4.87. The molecule has 0 radical (unpaired) electrons. The number of nitrogens with two attached hydrogens (primary N) is 1. The Kier molecular flexibility index (Phi) is 2.64. The van der Waals surface area contributed by atoms with Crippen molar-refractivity contribution in [2.45, 2.75) is 11.8 Å². The van der Waals surface area contributed by atoms with Crippen LogP contribution in [0.15, 0.2) is 28.7 Å². The van der Waals surface area contributed by atoms with Crippen LogP contribution in [0.25, 0.3) is 0 Å². The fourth-order valence-corrected chi connectivity index (χ4v) is 2.39. The summed E-state index contributed by atoms with van der Waals surface area (Å²) in [5.41, 5.74) is 7.09. The van der Waals surface area contributed by atoms with Gasteiger partial charge in [0.15, 0.2) is 0 Å². The van der Waals surface area contributed by atoms with E-state index >= 15 is 0 Å². The zero-order chi connectivity index (χ0) is 10.2. The predicted molar refractivity (Wildman–Crippen MR) is 60.1 cm³/mol. The maximum Gasteiger partial charge on any atom is 0.0468 e. The van der Waals surface area contributed by atoms with Gasteiger partial charge in [0.1, 0.15) is 0 Å². The summed E-state index contributed by atoms with van der Waals surface area (Å²) in [5.74, 6) is 0.355. The molecule has 0 aliphatic heterocycles. The van der Waals surface area contributed by atoms with Crippen molar-refractivity contribution in [2.75, 3.05) is 13.2 Å². The second-order valence-electron chi connectivity index (χ2n) is 3.95. The molecule has 0 spiro atoms. The molecular weight excluding hydrogens is 242 g/mol. The molecule has 1 aliphatic rings. The van der Waals surface area contributed by atoms with E-state index in [0.29, 0.717) is 12.5 Å². The van der Waals surface area contributed by atoms with Crippen molar-refractivity contribution in [3.8, 4) is 0 Å². The Balaban J connectivity index is 2.26. The molecule has 0 saturated heterocycles. The molecule has 0 amide bonds. The van der Waals surface area contributed by atoms with Gasteiger partial charge in [0.2, 0.25) is 0 Å². The van der Waals surface area contributed by atoms with Crippen LogP contribution in [0, 0.1) is 5.92 Å². The van der Waals surface area contributed by atoms with Crippen LogP contribution in [0.3, 0.4) is 0 Å². The summed E-state index contributed by atoms with van der Waals surface area (Å²) < 4.78 is 1.08. The molecule has 0 heterocycles. The highest BCUT2D eigenvalue weighted by molar-refractivity contribution is 9.10. The molecule has 0 bridgehead atoms. The number of rotatable bonds is 3. The molecule has 2 nitrogen and oxygen atoms in total. The summed E-state index contributed by atoms with van der Waals surface area (Å²) in [5, 5.41) is 9.12. The molecule has 2 atom stereocenters. The number of hydrogen-bond donors (Lipinski definition) is 2. The van der Waals surface area contributed by atoms with Crippen LogP contribution in [0.1, 0.15) is 12.0 Å². The minimum atomic E-state index is 0.0510. The van der Waals surface area contributed by atoms with Crippen LogP contribution in [-0.2, 0) is 5.41 Å². The van der Waals surface area contributed by atoms with Gasteiger partial charge in [-0.15, -0.1) is 0 Å². The molecule has 14 heavy (non-hydrogen) atoms. The third-order valence-corrected chi connectivity index (χ3v) is 3.76. The Bertz CT molecular complexity index is 325. The third kappa shape index (κ3) is 1.49. The van der Waals surface area contributed by atoms with E-state index in [2.05, 4.69) is 28.1 Å². The second kappa shape index (κ2) is 3.65. The number of aliphatic hydroxyl groups excluding tert-OH is 1. The van der Waals surface area contributed by atoms with Gasteiger partial charge in [0.25, 0.3) is 0 Å². The van der Waals surface area contributed by atoms with Crippen molar-refractivity contribution in [3.05, 3.63) is 34.3 Å². The number of aliphatic hydroxyl groups is 1. The van der Waals surface area contributed by atoms with E-state index in [1.54, 1.807) is 0 Å². The molecule has 1 aromatic carbocycles. The fraction of sp³-hybridized carbons (Fsp3) is 0.455. The van der Waals surface area contributed by atoms with E-state index in [1.807, 2.05) is 12.1 Å². The summed E-state index contributed by atoms with van der Waals surface area (Å²) in [4.78, 5) is 0. The normalized spacial score (nSPS) is 30.4. The molecule has 1 fully saturated rings. The first-order chi connectivity index (χ1) is 6.73. The van der Waals surface area contributed by atoms with Gasteiger partial charge in [0.05, 0.1) is 0 Å². The summed E-state index contributed by atoms with van der Waals surface area (Å²) in [6, 6.07) is 8.23. The molecule has 2 rings (SSSR count). The van der Waals surface area contributed by atoms with E-state index in [4.69, 9.17) is 10.8 Å². The average Bonchev–Trinajstić information content (AvgIpc) is 2.94. The Morgan fingerprint density at radius 1 is 1.43 bits per heavy atom. The van der Waals surface area contributed by atoms with Gasteiger partial charge in [-0.05, 0) is 30.0 Å². The molecule has 1 aromatic rings. The topological polar surface area (TPSA) is 46.2 Å². The van der Waals surface area contributed by atoms with Gasteiger partial charge >= 0.3 is 0 Å². The summed E-state index contributed by atoms with van der Waals surface area (Å²) in [6.45, 7) is 0.868. The van der Waals surface area contributed by atoms with Crippen LogP contribution in [-0.4, -0.2) is 18.3 Å². The highest BCUT2D eigenvalue weighted by atomic mass is 79.9. The molecule has 0 aromatic heterocycles. The van der Waals surface area contributed by atoms with Crippen LogP contribution in [0.2, 0.25) is 0 Å². The van der Waals surface area contributed by atoms with Gasteiger partial charge in [-0.2, -0.15) is 0 Å². The van der Waals surface area contributed by atoms with Crippen molar-refractivity contribution in [2.24, 2.45) is 11.7 Å². The first kappa shape index (κ1) is 10.1. The largest absolute Gasteiger partial charge is 0.396 e. The van der Waals surface area contributed by atoms with Gasteiger partial charge < -0.3 is 10.8 Å².